The van der Waals surface area contributed by atoms with Gasteiger partial charge < -0.3 is 10.4 Å². The number of aliphatic hydroxyl groups is 1. The molecule has 0 saturated heterocycles. The first-order valence-electron chi connectivity index (χ1n) is 9.11. The molecule has 0 bridgehead atoms. The van der Waals surface area contributed by atoms with E-state index in [-0.39, 0.29) is 30.6 Å². The molecule has 2 rings (SSSR count). The molecule has 2 atom stereocenters. The van der Waals surface area contributed by atoms with E-state index in [0.717, 1.165) is 37.7 Å². The molecular weight excluding hydrogens is 302 g/mol. The van der Waals surface area contributed by atoms with Gasteiger partial charge in [0.15, 0.2) is 5.78 Å². The fraction of sp³-hybridized carbons (Fsp3) is 0.600. The van der Waals surface area contributed by atoms with E-state index >= 15 is 0 Å². The van der Waals surface area contributed by atoms with Crippen LogP contribution in [0.5, 0.6) is 0 Å². The van der Waals surface area contributed by atoms with Gasteiger partial charge in [0, 0.05) is 24.9 Å². The third kappa shape index (κ3) is 6.08. The molecule has 2 N–H and O–H groups in total. The van der Waals surface area contributed by atoms with Crippen molar-refractivity contribution < 1.29 is 14.7 Å². The Morgan fingerprint density at radius 1 is 1.12 bits per heavy atom. The average molecular weight is 331 g/mol. The quantitative estimate of drug-likeness (QED) is 0.567. The van der Waals surface area contributed by atoms with Gasteiger partial charge in [0.1, 0.15) is 0 Å². The summed E-state index contributed by atoms with van der Waals surface area (Å²) in [6, 6.07) is 7.44. The van der Waals surface area contributed by atoms with Crippen molar-refractivity contribution in [3.63, 3.8) is 0 Å². The van der Waals surface area contributed by atoms with Crippen LogP contribution < -0.4 is 5.32 Å². The predicted octanol–water partition coefficient (Wildman–Crippen LogP) is 3.41. The molecule has 4 nitrogen and oxygen atoms in total. The monoisotopic (exact) mass is 331 g/mol. The normalized spacial score (nSPS) is 20.6. The SMILES string of the molecule is Cc1ccc(C(=O)CCC(=O)NCCCC2CCCCC2O)cc1. The number of carbonyl (C=O) groups excluding carboxylic acids is 2. The minimum absolute atomic E-state index is 0.00970. The fourth-order valence-corrected chi connectivity index (χ4v) is 3.32. The molecule has 0 spiro atoms. The van der Waals surface area contributed by atoms with Crippen molar-refractivity contribution in [1.29, 1.82) is 0 Å². The highest BCUT2D eigenvalue weighted by Crippen LogP contribution is 2.27. The number of hydrogen-bond acceptors (Lipinski definition) is 3. The molecule has 0 aliphatic heterocycles. The van der Waals surface area contributed by atoms with Crippen molar-refractivity contribution in [3.05, 3.63) is 35.4 Å². The number of aliphatic hydroxyl groups excluding tert-OH is 1. The van der Waals surface area contributed by atoms with Crippen LogP contribution in [0.2, 0.25) is 0 Å². The van der Waals surface area contributed by atoms with E-state index in [2.05, 4.69) is 5.32 Å². The number of hydrogen-bond donors (Lipinski definition) is 2. The predicted molar refractivity (Wildman–Crippen MR) is 95.0 cm³/mol. The lowest BCUT2D eigenvalue weighted by Crippen LogP contribution is -2.28. The Labute approximate surface area is 144 Å². The van der Waals surface area contributed by atoms with Crippen LogP contribution in [0.4, 0.5) is 0 Å². The zero-order valence-electron chi connectivity index (χ0n) is 14.6. The third-order valence-corrected chi connectivity index (χ3v) is 4.90. The first-order valence-corrected chi connectivity index (χ1v) is 9.11. The van der Waals surface area contributed by atoms with E-state index in [0.29, 0.717) is 18.0 Å². The van der Waals surface area contributed by atoms with Crippen LogP contribution >= 0.6 is 0 Å². The Morgan fingerprint density at radius 3 is 2.54 bits per heavy atom. The molecule has 4 heteroatoms. The average Bonchev–Trinajstić information content (AvgIpc) is 2.58. The summed E-state index contributed by atoms with van der Waals surface area (Å²) in [5.41, 5.74) is 1.78. The fourth-order valence-electron chi connectivity index (χ4n) is 3.32. The van der Waals surface area contributed by atoms with E-state index in [4.69, 9.17) is 0 Å². The van der Waals surface area contributed by atoms with Gasteiger partial charge in [-0.15, -0.1) is 0 Å². The molecule has 2 unspecified atom stereocenters. The summed E-state index contributed by atoms with van der Waals surface area (Å²) < 4.78 is 0. The molecule has 132 valence electrons. The molecule has 1 aliphatic rings. The first-order chi connectivity index (χ1) is 11.6. The molecule has 0 aromatic heterocycles. The third-order valence-electron chi connectivity index (χ3n) is 4.90. The summed E-state index contributed by atoms with van der Waals surface area (Å²) in [4.78, 5) is 23.9. The zero-order chi connectivity index (χ0) is 17.4. The number of carbonyl (C=O) groups is 2. The van der Waals surface area contributed by atoms with Gasteiger partial charge in [-0.3, -0.25) is 9.59 Å². The second-order valence-corrected chi connectivity index (χ2v) is 6.89. The number of amides is 1. The second kappa shape index (κ2) is 9.58. The second-order valence-electron chi connectivity index (χ2n) is 6.89. The van der Waals surface area contributed by atoms with Gasteiger partial charge >= 0.3 is 0 Å². The number of Topliss-reactive ketones (excluding diaryl/α,β-unsaturated/α-hetero) is 1. The van der Waals surface area contributed by atoms with Crippen LogP contribution in [0.3, 0.4) is 0 Å². The molecule has 1 amide bonds. The summed E-state index contributed by atoms with van der Waals surface area (Å²) in [6.07, 6.45) is 6.51. The molecule has 24 heavy (non-hydrogen) atoms. The Kier molecular flexibility index (Phi) is 7.44. The van der Waals surface area contributed by atoms with Crippen LogP contribution in [-0.4, -0.2) is 29.4 Å². The number of aryl methyl sites for hydroxylation is 1. The number of ketones is 1. The van der Waals surface area contributed by atoms with E-state index in [9.17, 15) is 14.7 Å². The van der Waals surface area contributed by atoms with E-state index in [1.165, 1.54) is 6.42 Å². The molecule has 1 aromatic carbocycles. The largest absolute Gasteiger partial charge is 0.393 e. The molecule has 1 aromatic rings. The summed E-state index contributed by atoms with van der Waals surface area (Å²) >= 11 is 0. The lowest BCUT2D eigenvalue weighted by molar-refractivity contribution is -0.121. The van der Waals surface area contributed by atoms with Crippen molar-refractivity contribution in [2.24, 2.45) is 5.92 Å². The Hall–Kier alpha value is -1.68. The Morgan fingerprint density at radius 2 is 1.83 bits per heavy atom. The minimum atomic E-state index is -0.165. The van der Waals surface area contributed by atoms with Crippen LogP contribution in [-0.2, 0) is 4.79 Å². The molecule has 1 aliphatic carbocycles. The van der Waals surface area contributed by atoms with Gasteiger partial charge in [0.05, 0.1) is 6.10 Å². The molecule has 1 saturated carbocycles. The van der Waals surface area contributed by atoms with Crippen molar-refractivity contribution in [2.45, 2.75) is 64.4 Å². The first kappa shape index (κ1) is 18.7. The standard InChI is InChI=1S/C20H29NO3/c1-15-8-10-17(11-9-15)19(23)12-13-20(24)21-14-4-6-16-5-2-3-7-18(16)22/h8-11,16,18,22H,2-7,12-14H2,1H3,(H,21,24). The highest BCUT2D eigenvalue weighted by molar-refractivity contribution is 5.97. The Bertz CT molecular complexity index is 538. The minimum Gasteiger partial charge on any atom is -0.393 e. The molecular formula is C20H29NO3. The maximum absolute atomic E-state index is 12.0. The molecule has 0 heterocycles. The topological polar surface area (TPSA) is 66.4 Å². The molecule has 0 radical (unpaired) electrons. The summed E-state index contributed by atoms with van der Waals surface area (Å²) in [5, 5.41) is 12.8. The summed E-state index contributed by atoms with van der Waals surface area (Å²) in [7, 11) is 0. The van der Waals surface area contributed by atoms with Crippen LogP contribution in [0.15, 0.2) is 24.3 Å². The lowest BCUT2D eigenvalue weighted by atomic mass is 9.83. The number of benzene rings is 1. The van der Waals surface area contributed by atoms with Crippen molar-refractivity contribution in [1.82, 2.24) is 5.32 Å². The van der Waals surface area contributed by atoms with Crippen LogP contribution in [0, 0.1) is 12.8 Å². The Balaban J connectivity index is 1.59. The van der Waals surface area contributed by atoms with Gasteiger partial charge in [0.25, 0.3) is 0 Å². The smallest absolute Gasteiger partial charge is 0.220 e. The van der Waals surface area contributed by atoms with Gasteiger partial charge in [-0.1, -0.05) is 42.7 Å². The summed E-state index contributed by atoms with van der Waals surface area (Å²) in [6.45, 7) is 2.61. The molecule has 1 fully saturated rings. The number of nitrogens with one attached hydrogen (secondary N) is 1. The van der Waals surface area contributed by atoms with Crippen LogP contribution in [0.25, 0.3) is 0 Å². The van der Waals surface area contributed by atoms with Crippen molar-refractivity contribution in [3.8, 4) is 0 Å². The highest BCUT2D eigenvalue weighted by Gasteiger charge is 2.22. The van der Waals surface area contributed by atoms with E-state index in [1.54, 1.807) is 0 Å². The zero-order valence-corrected chi connectivity index (χ0v) is 14.6. The highest BCUT2D eigenvalue weighted by atomic mass is 16.3. The van der Waals surface area contributed by atoms with E-state index in [1.807, 2.05) is 31.2 Å². The van der Waals surface area contributed by atoms with Gasteiger partial charge in [-0.2, -0.15) is 0 Å². The van der Waals surface area contributed by atoms with Crippen molar-refractivity contribution >= 4 is 11.7 Å². The van der Waals surface area contributed by atoms with Gasteiger partial charge in [-0.05, 0) is 38.5 Å². The van der Waals surface area contributed by atoms with E-state index < -0.39 is 0 Å². The maximum atomic E-state index is 12.0. The van der Waals surface area contributed by atoms with Gasteiger partial charge in [0.2, 0.25) is 5.91 Å². The van der Waals surface area contributed by atoms with Crippen molar-refractivity contribution in [2.75, 3.05) is 6.54 Å². The summed E-state index contributed by atoms with van der Waals surface area (Å²) in [5.74, 6) is 0.328. The van der Waals surface area contributed by atoms with Gasteiger partial charge in [-0.25, -0.2) is 0 Å². The maximum Gasteiger partial charge on any atom is 0.220 e. The van der Waals surface area contributed by atoms with Crippen LogP contribution in [0.1, 0.15) is 67.3 Å². The lowest BCUT2D eigenvalue weighted by Gasteiger charge is -2.27. The number of rotatable bonds is 8.